The molecule has 0 atom stereocenters. The van der Waals surface area contributed by atoms with Gasteiger partial charge >= 0.3 is 5.97 Å². The molecule has 0 saturated carbocycles. The number of carboxylic acids is 1. The first-order valence-corrected chi connectivity index (χ1v) is 5.91. The molecule has 19 heavy (non-hydrogen) atoms. The van der Waals surface area contributed by atoms with Gasteiger partial charge in [-0.05, 0) is 35.4 Å². The van der Waals surface area contributed by atoms with Crippen molar-refractivity contribution in [1.29, 1.82) is 0 Å². The Kier molecular flexibility index (Phi) is 4.17. The second-order valence-electron chi connectivity index (χ2n) is 4.06. The number of benzene rings is 1. The predicted molar refractivity (Wildman–Crippen MR) is 64.7 cm³/mol. The van der Waals surface area contributed by atoms with Crippen LogP contribution in [0.5, 0.6) is 0 Å². The highest BCUT2D eigenvalue weighted by atomic mass is 19.1. The van der Waals surface area contributed by atoms with E-state index >= 15 is 0 Å². The normalized spacial score (nSPS) is 10.6. The first-order chi connectivity index (χ1) is 9.18. The minimum atomic E-state index is -0.828. The van der Waals surface area contributed by atoms with Crippen molar-refractivity contribution in [2.24, 2.45) is 0 Å². The quantitative estimate of drug-likeness (QED) is 0.804. The number of hydrogen-bond donors (Lipinski definition) is 1. The number of carbonyl (C=O) groups is 1. The Labute approximate surface area is 108 Å². The summed E-state index contributed by atoms with van der Waals surface area (Å²) in [5, 5.41) is 19.7. The molecule has 0 aliphatic heterocycles. The van der Waals surface area contributed by atoms with Crippen molar-refractivity contribution in [3.05, 3.63) is 30.1 Å². The molecule has 0 spiro atoms. The highest BCUT2D eigenvalue weighted by Crippen LogP contribution is 2.19. The summed E-state index contributed by atoms with van der Waals surface area (Å²) in [6, 6.07) is 6.26. The fourth-order valence-corrected chi connectivity index (χ4v) is 1.73. The van der Waals surface area contributed by atoms with Crippen LogP contribution >= 0.6 is 0 Å². The van der Waals surface area contributed by atoms with Crippen molar-refractivity contribution in [2.75, 3.05) is 0 Å². The van der Waals surface area contributed by atoms with Crippen LogP contribution in [0, 0.1) is 5.82 Å². The van der Waals surface area contributed by atoms with Crippen molar-refractivity contribution < 1.29 is 14.3 Å². The Morgan fingerprint density at radius 1 is 1.32 bits per heavy atom. The first kappa shape index (κ1) is 13.1. The van der Waals surface area contributed by atoms with Crippen molar-refractivity contribution in [2.45, 2.75) is 25.8 Å². The lowest BCUT2D eigenvalue weighted by Crippen LogP contribution is -2.05. The van der Waals surface area contributed by atoms with Gasteiger partial charge in [0.1, 0.15) is 5.82 Å². The third-order valence-corrected chi connectivity index (χ3v) is 2.66. The van der Waals surface area contributed by atoms with Gasteiger partial charge in [0, 0.05) is 13.0 Å². The van der Waals surface area contributed by atoms with Crippen molar-refractivity contribution >= 4 is 5.97 Å². The van der Waals surface area contributed by atoms with Crippen LogP contribution < -0.4 is 0 Å². The average Bonchev–Trinajstić information content (AvgIpc) is 2.83. The summed E-state index contributed by atoms with van der Waals surface area (Å²) in [7, 11) is 0. The second-order valence-corrected chi connectivity index (χ2v) is 4.06. The molecule has 0 aliphatic rings. The first-order valence-electron chi connectivity index (χ1n) is 5.91. The molecular weight excluding hydrogens is 251 g/mol. The van der Waals surface area contributed by atoms with Crippen LogP contribution in [0.25, 0.3) is 11.4 Å². The summed E-state index contributed by atoms with van der Waals surface area (Å²) in [6.07, 6.45) is 1.27. The molecule has 1 N–H and O–H groups in total. The molecule has 2 rings (SSSR count). The molecule has 0 amide bonds. The van der Waals surface area contributed by atoms with E-state index in [1.165, 1.54) is 10.7 Å². The van der Waals surface area contributed by atoms with E-state index in [0.717, 1.165) is 0 Å². The number of hydrogen-bond acceptors (Lipinski definition) is 4. The molecule has 0 bridgehead atoms. The Morgan fingerprint density at radius 2 is 2.11 bits per heavy atom. The van der Waals surface area contributed by atoms with Gasteiger partial charge in [-0.2, -0.15) is 0 Å². The van der Waals surface area contributed by atoms with E-state index in [0.29, 0.717) is 30.8 Å². The zero-order valence-corrected chi connectivity index (χ0v) is 10.2. The van der Waals surface area contributed by atoms with Gasteiger partial charge in [-0.3, -0.25) is 4.79 Å². The zero-order chi connectivity index (χ0) is 13.7. The fraction of sp³-hybridized carbons (Fsp3) is 0.333. The standard InChI is InChI=1S/C12H13FN4O2/c13-10-6-2-1-5-9(10)12-14-15-16-17(12)8-4-3-7-11(18)19/h1-2,5-6H,3-4,7-8H2,(H,18,19). The van der Waals surface area contributed by atoms with Gasteiger partial charge in [-0.15, -0.1) is 5.10 Å². The highest BCUT2D eigenvalue weighted by molar-refractivity contribution is 5.66. The van der Waals surface area contributed by atoms with Crippen LogP contribution in [-0.4, -0.2) is 31.3 Å². The van der Waals surface area contributed by atoms with Crippen LogP contribution in [0.4, 0.5) is 4.39 Å². The van der Waals surface area contributed by atoms with Crippen molar-refractivity contribution in [1.82, 2.24) is 20.2 Å². The van der Waals surface area contributed by atoms with Gasteiger partial charge in [0.25, 0.3) is 0 Å². The molecule has 0 saturated heterocycles. The average molecular weight is 264 g/mol. The summed E-state index contributed by atoms with van der Waals surface area (Å²) >= 11 is 0. The van der Waals surface area contributed by atoms with E-state index in [4.69, 9.17) is 5.11 Å². The maximum atomic E-state index is 13.6. The zero-order valence-electron chi connectivity index (χ0n) is 10.2. The third-order valence-electron chi connectivity index (χ3n) is 2.66. The van der Waals surface area contributed by atoms with E-state index in [1.807, 2.05) is 0 Å². The topological polar surface area (TPSA) is 80.9 Å². The van der Waals surface area contributed by atoms with Crippen LogP contribution in [-0.2, 0) is 11.3 Å². The minimum absolute atomic E-state index is 0.108. The van der Waals surface area contributed by atoms with Gasteiger partial charge in [-0.1, -0.05) is 12.1 Å². The number of tetrazole rings is 1. The van der Waals surface area contributed by atoms with Gasteiger partial charge < -0.3 is 5.11 Å². The molecule has 100 valence electrons. The maximum Gasteiger partial charge on any atom is 0.303 e. The van der Waals surface area contributed by atoms with E-state index in [-0.39, 0.29) is 12.2 Å². The molecule has 7 heteroatoms. The predicted octanol–water partition coefficient (Wildman–Crippen LogP) is 1.73. The van der Waals surface area contributed by atoms with E-state index in [2.05, 4.69) is 15.5 Å². The van der Waals surface area contributed by atoms with E-state index in [1.54, 1.807) is 18.2 Å². The van der Waals surface area contributed by atoms with Crippen LogP contribution in [0.3, 0.4) is 0 Å². The number of aromatic nitrogens is 4. The van der Waals surface area contributed by atoms with Gasteiger partial charge in [0.05, 0.1) is 5.56 Å². The molecule has 1 aromatic carbocycles. The number of unbranched alkanes of at least 4 members (excludes halogenated alkanes) is 1. The van der Waals surface area contributed by atoms with Gasteiger partial charge in [0.2, 0.25) is 0 Å². The van der Waals surface area contributed by atoms with Crippen LogP contribution in [0.1, 0.15) is 19.3 Å². The minimum Gasteiger partial charge on any atom is -0.481 e. The molecule has 0 aliphatic carbocycles. The Bertz CT molecular complexity index is 570. The summed E-state index contributed by atoms with van der Waals surface area (Å²) in [5.74, 6) is -0.858. The summed E-state index contributed by atoms with van der Waals surface area (Å²) in [4.78, 5) is 10.4. The van der Waals surface area contributed by atoms with Gasteiger partial charge in [-0.25, -0.2) is 9.07 Å². The molecule has 0 fully saturated rings. The molecule has 0 radical (unpaired) electrons. The van der Waals surface area contributed by atoms with Crippen LogP contribution in [0.15, 0.2) is 24.3 Å². The smallest absolute Gasteiger partial charge is 0.303 e. The lowest BCUT2D eigenvalue weighted by Gasteiger charge is -2.04. The Morgan fingerprint density at radius 3 is 2.84 bits per heavy atom. The molecule has 1 heterocycles. The lowest BCUT2D eigenvalue weighted by molar-refractivity contribution is -0.137. The van der Waals surface area contributed by atoms with Crippen LogP contribution in [0.2, 0.25) is 0 Å². The van der Waals surface area contributed by atoms with E-state index in [9.17, 15) is 9.18 Å². The number of nitrogens with zero attached hydrogens (tertiary/aromatic N) is 4. The third kappa shape index (κ3) is 3.34. The SMILES string of the molecule is O=C(O)CCCCn1nnnc1-c1ccccc1F. The maximum absolute atomic E-state index is 13.6. The van der Waals surface area contributed by atoms with Crippen molar-refractivity contribution in [3.63, 3.8) is 0 Å². The number of aliphatic carboxylic acids is 1. The number of aryl methyl sites for hydroxylation is 1. The number of halogens is 1. The lowest BCUT2D eigenvalue weighted by atomic mass is 10.2. The molecule has 6 nitrogen and oxygen atoms in total. The molecule has 1 aromatic heterocycles. The molecular formula is C12H13FN4O2. The number of carboxylic acid groups (broad SMARTS) is 1. The summed E-state index contributed by atoms with van der Waals surface area (Å²) in [5.41, 5.74) is 0.339. The Hall–Kier alpha value is -2.31. The summed E-state index contributed by atoms with van der Waals surface area (Å²) in [6.45, 7) is 0.462. The van der Waals surface area contributed by atoms with Gasteiger partial charge in [0.15, 0.2) is 5.82 Å². The highest BCUT2D eigenvalue weighted by Gasteiger charge is 2.12. The van der Waals surface area contributed by atoms with Crippen molar-refractivity contribution in [3.8, 4) is 11.4 Å². The van der Waals surface area contributed by atoms with E-state index < -0.39 is 5.97 Å². The largest absolute Gasteiger partial charge is 0.481 e. The molecule has 2 aromatic rings. The molecule has 0 unspecified atom stereocenters. The fourth-order valence-electron chi connectivity index (χ4n) is 1.73. The summed E-state index contributed by atoms with van der Waals surface area (Å²) < 4.78 is 15.1. The Balaban J connectivity index is 2.06. The monoisotopic (exact) mass is 264 g/mol. The second kappa shape index (κ2) is 6.03. The number of rotatable bonds is 6.